The molecule has 0 aromatic carbocycles. The van der Waals surface area contributed by atoms with E-state index in [0.29, 0.717) is 25.0 Å². The van der Waals surface area contributed by atoms with Crippen molar-refractivity contribution in [2.75, 3.05) is 12.4 Å². The molecule has 112 valence electrons. The third-order valence-electron chi connectivity index (χ3n) is 3.36. The number of nitrogens with zero attached hydrogens (tertiary/aromatic N) is 1. The first kappa shape index (κ1) is 15.0. The Labute approximate surface area is 118 Å². The highest BCUT2D eigenvalue weighted by Gasteiger charge is 2.35. The molecule has 1 unspecified atom stereocenters. The van der Waals surface area contributed by atoms with Gasteiger partial charge in [-0.05, 0) is 26.2 Å². The minimum atomic E-state index is -3.23. The zero-order chi connectivity index (χ0) is 14.8. The predicted molar refractivity (Wildman–Crippen MR) is 72.2 cm³/mol. The summed E-state index contributed by atoms with van der Waals surface area (Å²) in [5, 5.41) is -0.732. The first-order chi connectivity index (χ1) is 9.49. The van der Waals surface area contributed by atoms with E-state index in [-0.39, 0.29) is 24.0 Å². The summed E-state index contributed by atoms with van der Waals surface area (Å²) in [6.07, 6.45) is 2.48. The number of aromatic nitrogens is 1. The van der Waals surface area contributed by atoms with E-state index >= 15 is 0 Å². The maximum absolute atomic E-state index is 12.1. The molecule has 0 bridgehead atoms. The molecule has 7 heteroatoms. The number of ether oxygens (including phenoxy) is 1. The lowest BCUT2D eigenvalue weighted by Gasteiger charge is -2.19. The largest absolute Gasteiger partial charge is 0.460 e. The summed E-state index contributed by atoms with van der Waals surface area (Å²) in [6, 6.07) is 0. The fraction of sp³-hybridized carbons (Fsp3) is 0.692. The highest BCUT2D eigenvalue weighted by atomic mass is 32.2. The van der Waals surface area contributed by atoms with Crippen molar-refractivity contribution in [2.24, 2.45) is 0 Å². The van der Waals surface area contributed by atoms with Crippen LogP contribution in [0.5, 0.6) is 0 Å². The SMILES string of the molecule is CCOC(=O)c1oc(C2CCCCS2(=O)=O)nc1CC. The molecule has 0 N–H and O–H groups in total. The van der Waals surface area contributed by atoms with Gasteiger partial charge < -0.3 is 9.15 Å². The second-order valence-electron chi connectivity index (χ2n) is 4.75. The number of carbonyl (C=O) groups excluding carboxylic acids is 1. The number of esters is 1. The van der Waals surface area contributed by atoms with Gasteiger partial charge in [0.15, 0.2) is 9.84 Å². The van der Waals surface area contributed by atoms with E-state index in [9.17, 15) is 13.2 Å². The van der Waals surface area contributed by atoms with Crippen LogP contribution < -0.4 is 0 Å². The van der Waals surface area contributed by atoms with Crippen molar-refractivity contribution in [3.05, 3.63) is 17.3 Å². The van der Waals surface area contributed by atoms with Gasteiger partial charge in [-0.2, -0.15) is 0 Å². The quantitative estimate of drug-likeness (QED) is 0.791. The first-order valence-electron chi connectivity index (χ1n) is 6.87. The minimum Gasteiger partial charge on any atom is -0.460 e. The molecule has 20 heavy (non-hydrogen) atoms. The molecular formula is C13H19NO5S. The molecule has 0 aliphatic carbocycles. The lowest BCUT2D eigenvalue weighted by molar-refractivity contribution is 0.0486. The monoisotopic (exact) mass is 301 g/mol. The molecule has 1 aliphatic heterocycles. The summed E-state index contributed by atoms with van der Waals surface area (Å²) in [4.78, 5) is 16.0. The predicted octanol–water partition coefficient (Wildman–Crippen LogP) is 2.05. The summed E-state index contributed by atoms with van der Waals surface area (Å²) in [7, 11) is -3.23. The van der Waals surface area contributed by atoms with Crippen LogP contribution >= 0.6 is 0 Å². The van der Waals surface area contributed by atoms with E-state index in [1.165, 1.54) is 0 Å². The molecule has 0 spiro atoms. The molecule has 1 atom stereocenters. The molecule has 2 rings (SSSR count). The zero-order valence-electron chi connectivity index (χ0n) is 11.7. The Morgan fingerprint density at radius 2 is 2.15 bits per heavy atom. The summed E-state index contributed by atoms with van der Waals surface area (Å²) in [6.45, 7) is 3.77. The van der Waals surface area contributed by atoms with Crippen LogP contribution in [0.2, 0.25) is 0 Å². The summed E-state index contributed by atoms with van der Waals surface area (Å²) < 4.78 is 34.5. The van der Waals surface area contributed by atoms with Gasteiger partial charge in [-0.1, -0.05) is 13.3 Å². The van der Waals surface area contributed by atoms with Crippen molar-refractivity contribution in [3.63, 3.8) is 0 Å². The Hall–Kier alpha value is -1.37. The van der Waals surface area contributed by atoms with Crippen molar-refractivity contribution in [1.29, 1.82) is 0 Å². The smallest absolute Gasteiger partial charge is 0.376 e. The zero-order valence-corrected chi connectivity index (χ0v) is 12.5. The van der Waals surface area contributed by atoms with E-state index in [1.807, 2.05) is 6.92 Å². The number of rotatable bonds is 4. The van der Waals surface area contributed by atoms with Gasteiger partial charge in [0.25, 0.3) is 0 Å². The fourth-order valence-corrected chi connectivity index (χ4v) is 4.16. The van der Waals surface area contributed by atoms with Crippen molar-refractivity contribution in [1.82, 2.24) is 4.98 Å². The number of carbonyl (C=O) groups is 1. The van der Waals surface area contributed by atoms with Crippen molar-refractivity contribution >= 4 is 15.8 Å². The minimum absolute atomic E-state index is 0.0325. The molecule has 0 saturated carbocycles. The number of sulfone groups is 1. The lowest BCUT2D eigenvalue weighted by Crippen LogP contribution is -2.21. The van der Waals surface area contributed by atoms with E-state index in [4.69, 9.17) is 9.15 Å². The molecule has 1 aliphatic rings. The lowest BCUT2D eigenvalue weighted by atomic mass is 10.2. The van der Waals surface area contributed by atoms with Crippen molar-refractivity contribution < 1.29 is 22.4 Å². The number of aryl methyl sites for hydroxylation is 1. The maximum Gasteiger partial charge on any atom is 0.376 e. The molecule has 1 aromatic heterocycles. The molecule has 1 saturated heterocycles. The third-order valence-corrected chi connectivity index (χ3v) is 5.53. The Morgan fingerprint density at radius 1 is 1.40 bits per heavy atom. The Kier molecular flexibility index (Phi) is 4.47. The van der Waals surface area contributed by atoms with Gasteiger partial charge >= 0.3 is 5.97 Å². The van der Waals surface area contributed by atoms with Crippen LogP contribution in [0.4, 0.5) is 0 Å². The van der Waals surface area contributed by atoms with Crippen LogP contribution in [0.25, 0.3) is 0 Å². The summed E-state index contributed by atoms with van der Waals surface area (Å²) >= 11 is 0. The average Bonchev–Trinajstić information content (AvgIpc) is 2.82. The van der Waals surface area contributed by atoms with Gasteiger partial charge in [0.1, 0.15) is 5.25 Å². The van der Waals surface area contributed by atoms with E-state index in [0.717, 1.165) is 6.42 Å². The Balaban J connectivity index is 2.36. The first-order valence-corrected chi connectivity index (χ1v) is 8.59. The standard InChI is InChI=1S/C13H19NO5S/c1-3-9-11(13(15)18-4-2)19-12(14-9)10-7-5-6-8-20(10,16)17/h10H,3-8H2,1-2H3. The van der Waals surface area contributed by atoms with Gasteiger partial charge in [-0.25, -0.2) is 18.2 Å². The van der Waals surface area contributed by atoms with Gasteiger partial charge in [-0.15, -0.1) is 0 Å². The molecule has 1 fully saturated rings. The van der Waals surface area contributed by atoms with Crippen LogP contribution in [0.3, 0.4) is 0 Å². The molecular weight excluding hydrogens is 282 g/mol. The van der Waals surface area contributed by atoms with Gasteiger partial charge in [0.2, 0.25) is 11.7 Å². The third kappa shape index (κ3) is 2.87. The van der Waals surface area contributed by atoms with E-state index in [1.54, 1.807) is 6.92 Å². The normalized spacial score (nSPS) is 21.6. The number of hydrogen-bond acceptors (Lipinski definition) is 6. The fourth-order valence-electron chi connectivity index (χ4n) is 2.34. The number of oxazole rings is 1. The molecule has 6 nitrogen and oxygen atoms in total. The molecule has 2 heterocycles. The highest BCUT2D eigenvalue weighted by molar-refractivity contribution is 7.91. The van der Waals surface area contributed by atoms with Crippen LogP contribution in [0.1, 0.15) is 60.5 Å². The average molecular weight is 301 g/mol. The van der Waals surface area contributed by atoms with Gasteiger partial charge in [0.05, 0.1) is 18.1 Å². The summed E-state index contributed by atoms with van der Waals surface area (Å²) in [5.74, 6) is -0.276. The van der Waals surface area contributed by atoms with Gasteiger partial charge in [-0.3, -0.25) is 0 Å². The summed E-state index contributed by atoms with van der Waals surface area (Å²) in [5.41, 5.74) is 0.458. The van der Waals surface area contributed by atoms with Gasteiger partial charge in [0, 0.05) is 0 Å². The molecule has 0 amide bonds. The van der Waals surface area contributed by atoms with E-state index < -0.39 is 21.1 Å². The van der Waals surface area contributed by atoms with Crippen molar-refractivity contribution in [3.8, 4) is 0 Å². The molecule has 0 radical (unpaired) electrons. The highest BCUT2D eigenvalue weighted by Crippen LogP contribution is 2.34. The maximum atomic E-state index is 12.1. The van der Waals surface area contributed by atoms with Crippen molar-refractivity contribution in [2.45, 2.75) is 44.8 Å². The van der Waals surface area contributed by atoms with Crippen LogP contribution in [0, 0.1) is 0 Å². The topological polar surface area (TPSA) is 86.5 Å². The van der Waals surface area contributed by atoms with Crippen LogP contribution in [-0.2, 0) is 21.0 Å². The second-order valence-corrected chi connectivity index (χ2v) is 7.06. The number of hydrogen-bond donors (Lipinski definition) is 0. The van der Waals surface area contributed by atoms with E-state index in [2.05, 4.69) is 4.98 Å². The Bertz CT molecular complexity index is 590. The molecule has 1 aromatic rings. The van der Waals surface area contributed by atoms with Crippen LogP contribution in [-0.4, -0.2) is 31.7 Å². The second kappa shape index (κ2) is 5.95. The van der Waals surface area contributed by atoms with Crippen LogP contribution in [0.15, 0.2) is 4.42 Å². The Morgan fingerprint density at radius 3 is 2.75 bits per heavy atom.